The first kappa shape index (κ1) is 9.50. The number of imidazole rings is 1. The molecule has 2 aromatic heterocycles. The van der Waals surface area contributed by atoms with Crippen molar-refractivity contribution >= 4 is 11.2 Å². The number of nitrogens with zero attached hydrogens (tertiary/aromatic N) is 1. The van der Waals surface area contributed by atoms with Gasteiger partial charge in [0.05, 0.1) is 0 Å². The van der Waals surface area contributed by atoms with Gasteiger partial charge in [-0.1, -0.05) is 0 Å². The maximum absolute atomic E-state index is 11.5. The number of H-pyrrole nitrogens is 3. The van der Waals surface area contributed by atoms with Gasteiger partial charge in [-0.2, -0.15) is 0 Å². The third-order valence-electron chi connectivity index (χ3n) is 2.13. The highest BCUT2D eigenvalue weighted by Gasteiger charge is 2.13. The molecule has 0 aliphatic heterocycles. The fourth-order valence-corrected chi connectivity index (χ4v) is 1.56. The average Bonchev–Trinajstić information content (AvgIpc) is 2.40. The smallest absolute Gasteiger partial charge is 0.292 e. The Kier molecular flexibility index (Phi) is 1.88. The zero-order valence-electron chi connectivity index (χ0n) is 8.25. The Bertz CT molecular complexity index is 669. The van der Waals surface area contributed by atoms with E-state index in [4.69, 9.17) is 0 Å². The number of aromatic amines is 3. The van der Waals surface area contributed by atoms with E-state index in [9.17, 15) is 14.4 Å². The van der Waals surface area contributed by atoms with Crippen LogP contribution in [0, 0.1) is 0 Å². The van der Waals surface area contributed by atoms with E-state index in [0.717, 1.165) is 0 Å². The fourth-order valence-electron chi connectivity index (χ4n) is 1.56. The number of hydrogen-bond donors (Lipinski definition) is 3. The van der Waals surface area contributed by atoms with Crippen molar-refractivity contribution in [2.45, 2.75) is 19.9 Å². The molecule has 2 heterocycles. The van der Waals surface area contributed by atoms with Crippen LogP contribution in [0.1, 0.15) is 19.9 Å². The van der Waals surface area contributed by atoms with E-state index in [1.807, 2.05) is 0 Å². The van der Waals surface area contributed by atoms with Gasteiger partial charge in [-0.3, -0.25) is 24.3 Å². The maximum atomic E-state index is 11.5. The highest BCUT2D eigenvalue weighted by atomic mass is 16.2. The van der Waals surface area contributed by atoms with E-state index in [0.29, 0.717) is 0 Å². The van der Waals surface area contributed by atoms with Crippen LogP contribution in [0.3, 0.4) is 0 Å². The summed E-state index contributed by atoms with van der Waals surface area (Å²) in [5.41, 5.74) is -1.30. The van der Waals surface area contributed by atoms with Gasteiger partial charge in [0, 0.05) is 6.04 Å². The zero-order chi connectivity index (χ0) is 11.2. The second-order valence-corrected chi connectivity index (χ2v) is 3.53. The lowest BCUT2D eigenvalue weighted by Crippen LogP contribution is -2.25. The Morgan fingerprint density at radius 3 is 2.33 bits per heavy atom. The van der Waals surface area contributed by atoms with Crippen molar-refractivity contribution in [1.82, 2.24) is 19.5 Å². The molecule has 0 unspecified atom stereocenters. The van der Waals surface area contributed by atoms with E-state index >= 15 is 0 Å². The highest BCUT2D eigenvalue weighted by Crippen LogP contribution is 2.06. The lowest BCUT2D eigenvalue weighted by molar-refractivity contribution is 0.596. The molecule has 0 aromatic carbocycles. The summed E-state index contributed by atoms with van der Waals surface area (Å²) < 4.78 is 1.30. The Morgan fingerprint density at radius 1 is 1.07 bits per heavy atom. The van der Waals surface area contributed by atoms with Crippen LogP contribution in [0.4, 0.5) is 0 Å². The van der Waals surface area contributed by atoms with Gasteiger partial charge in [0.2, 0.25) is 0 Å². The summed E-state index contributed by atoms with van der Waals surface area (Å²) in [6, 6.07) is -0.154. The van der Waals surface area contributed by atoms with E-state index in [2.05, 4.69) is 15.0 Å². The zero-order valence-corrected chi connectivity index (χ0v) is 8.25. The van der Waals surface area contributed by atoms with Crippen molar-refractivity contribution in [3.63, 3.8) is 0 Å². The lowest BCUT2D eigenvalue weighted by Gasteiger charge is -2.04. The molecule has 7 nitrogen and oxygen atoms in total. The van der Waals surface area contributed by atoms with Crippen LogP contribution in [0.5, 0.6) is 0 Å². The van der Waals surface area contributed by atoms with Gasteiger partial charge < -0.3 is 0 Å². The molecule has 0 aliphatic rings. The van der Waals surface area contributed by atoms with Gasteiger partial charge >= 0.3 is 11.4 Å². The number of nitrogens with one attached hydrogen (secondary N) is 3. The first-order valence-electron chi connectivity index (χ1n) is 4.47. The Balaban J connectivity index is 3.07. The predicted molar refractivity (Wildman–Crippen MR) is 54.2 cm³/mol. The van der Waals surface area contributed by atoms with E-state index < -0.39 is 16.9 Å². The topological polar surface area (TPSA) is 104 Å². The molecule has 2 aromatic rings. The van der Waals surface area contributed by atoms with Crippen molar-refractivity contribution in [3.8, 4) is 0 Å². The monoisotopic (exact) mass is 210 g/mol. The van der Waals surface area contributed by atoms with Gasteiger partial charge in [-0.15, -0.1) is 0 Å². The highest BCUT2D eigenvalue weighted by molar-refractivity contribution is 5.68. The first-order valence-corrected chi connectivity index (χ1v) is 4.47. The van der Waals surface area contributed by atoms with Crippen LogP contribution in [0.2, 0.25) is 0 Å². The Hall–Kier alpha value is -2.05. The molecule has 3 N–H and O–H groups in total. The molecule has 0 bridgehead atoms. The Labute approximate surface area is 82.8 Å². The Morgan fingerprint density at radius 2 is 1.73 bits per heavy atom. The lowest BCUT2D eigenvalue weighted by atomic mass is 10.4. The number of fused-ring (bicyclic) bond motifs is 1. The van der Waals surface area contributed by atoms with Gasteiger partial charge in [0.15, 0.2) is 5.52 Å². The van der Waals surface area contributed by atoms with Crippen LogP contribution in [0.25, 0.3) is 11.2 Å². The van der Waals surface area contributed by atoms with Crippen molar-refractivity contribution in [3.05, 3.63) is 31.3 Å². The largest absolute Gasteiger partial charge is 0.328 e. The summed E-state index contributed by atoms with van der Waals surface area (Å²) in [7, 11) is 0. The number of aromatic nitrogens is 4. The van der Waals surface area contributed by atoms with E-state index in [-0.39, 0.29) is 17.2 Å². The minimum atomic E-state index is -0.635. The predicted octanol–water partition coefficient (Wildman–Crippen LogP) is -0.713. The summed E-state index contributed by atoms with van der Waals surface area (Å²) in [6.45, 7) is 3.55. The minimum absolute atomic E-state index is 0.154. The third-order valence-corrected chi connectivity index (χ3v) is 2.13. The van der Waals surface area contributed by atoms with E-state index in [1.165, 1.54) is 4.57 Å². The average molecular weight is 210 g/mol. The van der Waals surface area contributed by atoms with Crippen LogP contribution < -0.4 is 16.9 Å². The van der Waals surface area contributed by atoms with Gasteiger partial charge in [-0.05, 0) is 13.8 Å². The summed E-state index contributed by atoms with van der Waals surface area (Å²) in [5, 5.41) is 0. The van der Waals surface area contributed by atoms with Gasteiger partial charge in [0.1, 0.15) is 5.65 Å². The molecule has 80 valence electrons. The summed E-state index contributed by atoms with van der Waals surface area (Å²) in [5.74, 6) is 0. The molecule has 0 saturated heterocycles. The molecule has 0 radical (unpaired) electrons. The van der Waals surface area contributed by atoms with Gasteiger partial charge in [-0.25, -0.2) is 9.59 Å². The molecule has 0 atom stereocenters. The molecule has 0 amide bonds. The van der Waals surface area contributed by atoms with Crippen molar-refractivity contribution in [1.29, 1.82) is 0 Å². The number of rotatable bonds is 1. The quantitative estimate of drug-likeness (QED) is 0.579. The second kappa shape index (κ2) is 2.97. The molecule has 7 heteroatoms. The summed E-state index contributed by atoms with van der Waals surface area (Å²) in [6.07, 6.45) is 0. The minimum Gasteiger partial charge on any atom is -0.292 e. The standard InChI is InChI=1S/C8H10N4O3/c1-3(2)12-4-5(10-8(12)15)9-7(14)11-6(4)13/h3H,1-2H3,(H3,9,10,11,13,14,15). The molecule has 0 fully saturated rings. The van der Waals surface area contributed by atoms with Crippen molar-refractivity contribution < 1.29 is 0 Å². The van der Waals surface area contributed by atoms with Crippen molar-refractivity contribution in [2.24, 2.45) is 0 Å². The van der Waals surface area contributed by atoms with Crippen LogP contribution in [-0.2, 0) is 0 Å². The third kappa shape index (κ3) is 1.32. The molecular formula is C8H10N4O3. The normalized spacial score (nSPS) is 11.4. The molecule has 0 spiro atoms. The van der Waals surface area contributed by atoms with E-state index in [1.54, 1.807) is 13.8 Å². The van der Waals surface area contributed by atoms with Crippen LogP contribution in [-0.4, -0.2) is 19.5 Å². The van der Waals surface area contributed by atoms with Crippen LogP contribution >= 0.6 is 0 Å². The number of hydrogen-bond acceptors (Lipinski definition) is 3. The maximum Gasteiger partial charge on any atom is 0.328 e. The molecule has 0 aliphatic carbocycles. The van der Waals surface area contributed by atoms with Crippen molar-refractivity contribution in [2.75, 3.05) is 0 Å². The van der Waals surface area contributed by atoms with Crippen LogP contribution in [0.15, 0.2) is 14.4 Å². The van der Waals surface area contributed by atoms with Gasteiger partial charge in [0.25, 0.3) is 5.56 Å². The molecule has 0 saturated carbocycles. The molecule has 2 rings (SSSR count). The second-order valence-electron chi connectivity index (χ2n) is 3.53. The summed E-state index contributed by atoms with van der Waals surface area (Å²) >= 11 is 0. The molecule has 15 heavy (non-hydrogen) atoms. The first-order chi connectivity index (χ1) is 7.00. The molecular weight excluding hydrogens is 200 g/mol. The summed E-state index contributed by atoms with van der Waals surface area (Å²) in [4.78, 5) is 40.8. The SMILES string of the molecule is CC(C)n1c(=O)[nH]c2[nH]c(=O)[nH]c(=O)c21. The fraction of sp³-hybridized carbons (Fsp3) is 0.375.